The Bertz CT molecular complexity index is 427. The quantitative estimate of drug-likeness (QED) is 0.638. The maximum Gasteiger partial charge on any atom is 0.186 e. The lowest BCUT2D eigenvalue weighted by Gasteiger charge is -2.22. The van der Waals surface area contributed by atoms with Crippen molar-refractivity contribution in [1.29, 1.82) is 0 Å². The summed E-state index contributed by atoms with van der Waals surface area (Å²) >= 11 is 0. The summed E-state index contributed by atoms with van der Waals surface area (Å²) in [7, 11) is 0. The van der Waals surface area contributed by atoms with E-state index in [1.165, 1.54) is 32.1 Å². The van der Waals surface area contributed by atoms with Crippen LogP contribution in [0.1, 0.15) is 37.7 Å². The highest BCUT2D eigenvalue weighted by Crippen LogP contribution is 2.26. The van der Waals surface area contributed by atoms with Crippen molar-refractivity contribution >= 4 is 22.9 Å². The molecule has 1 saturated carbocycles. The van der Waals surface area contributed by atoms with Crippen LogP contribution in [0, 0.1) is 5.92 Å². The Hall–Kier alpha value is -1.23. The first-order valence-corrected chi connectivity index (χ1v) is 7.02. The molecule has 0 bridgehead atoms. The van der Waals surface area contributed by atoms with Crippen molar-refractivity contribution in [1.82, 2.24) is 0 Å². The molecule has 4 N–H and O–H groups in total. The molecule has 2 rings (SSSR count). The lowest BCUT2D eigenvalue weighted by Crippen LogP contribution is -2.22. The molecule has 0 atom stereocenters. The monoisotopic (exact) mass is 341 g/mol. The fourth-order valence-electron chi connectivity index (χ4n) is 2.51. The van der Waals surface area contributed by atoms with Gasteiger partial charge in [-0.25, -0.2) is 4.99 Å². The van der Waals surface area contributed by atoms with E-state index >= 15 is 0 Å². The van der Waals surface area contributed by atoms with Gasteiger partial charge in [0.1, 0.15) is 5.75 Å². The van der Waals surface area contributed by atoms with Crippen LogP contribution in [0.4, 0.5) is 0 Å². The van der Waals surface area contributed by atoms with Crippen LogP contribution in [0.25, 0.3) is 0 Å². The van der Waals surface area contributed by atoms with Crippen molar-refractivity contribution in [3.05, 3.63) is 29.8 Å². The van der Waals surface area contributed by atoms with Crippen LogP contribution in [-0.2, 0) is 6.54 Å². The molecule has 20 heavy (non-hydrogen) atoms. The molecule has 1 aromatic rings. The highest BCUT2D eigenvalue weighted by molar-refractivity contribution is 8.93. The van der Waals surface area contributed by atoms with Crippen molar-refractivity contribution in [3.63, 3.8) is 0 Å². The van der Waals surface area contributed by atoms with E-state index in [9.17, 15) is 0 Å². The van der Waals surface area contributed by atoms with Crippen molar-refractivity contribution in [2.24, 2.45) is 22.4 Å². The summed E-state index contributed by atoms with van der Waals surface area (Å²) in [6, 6.07) is 7.95. The topological polar surface area (TPSA) is 73.6 Å². The zero-order valence-corrected chi connectivity index (χ0v) is 13.5. The molecule has 0 aliphatic heterocycles. The highest BCUT2D eigenvalue weighted by atomic mass is 79.9. The predicted molar refractivity (Wildman–Crippen MR) is 88.3 cm³/mol. The SMILES string of the molecule is Br.NC(N)=NCc1ccccc1OCC1CCCCC1. The molecule has 0 amide bonds. The molecule has 0 spiro atoms. The van der Waals surface area contributed by atoms with Gasteiger partial charge in [-0.2, -0.15) is 0 Å². The molecule has 1 fully saturated rings. The predicted octanol–water partition coefficient (Wildman–Crippen LogP) is 3.00. The Morgan fingerprint density at radius 2 is 1.85 bits per heavy atom. The summed E-state index contributed by atoms with van der Waals surface area (Å²) in [4.78, 5) is 4.04. The first kappa shape index (κ1) is 16.8. The number of halogens is 1. The minimum absolute atomic E-state index is 0. The molecular weight excluding hydrogens is 318 g/mol. The number of nitrogens with two attached hydrogens (primary N) is 2. The number of benzene rings is 1. The van der Waals surface area contributed by atoms with Gasteiger partial charge in [-0.05, 0) is 24.8 Å². The lowest BCUT2D eigenvalue weighted by molar-refractivity contribution is 0.207. The standard InChI is InChI=1S/C15H23N3O.BrH/c16-15(17)18-10-13-8-4-5-9-14(13)19-11-12-6-2-1-3-7-12;/h4-5,8-9,12H,1-3,6-7,10-11H2,(H4,16,17,18);1H. The van der Waals surface area contributed by atoms with E-state index in [1.54, 1.807) is 0 Å². The van der Waals surface area contributed by atoms with Crippen LogP contribution in [-0.4, -0.2) is 12.6 Å². The van der Waals surface area contributed by atoms with Crippen LogP contribution in [0.15, 0.2) is 29.3 Å². The van der Waals surface area contributed by atoms with Gasteiger partial charge >= 0.3 is 0 Å². The number of rotatable bonds is 5. The Kier molecular flexibility index (Phi) is 7.44. The van der Waals surface area contributed by atoms with E-state index in [-0.39, 0.29) is 22.9 Å². The summed E-state index contributed by atoms with van der Waals surface area (Å²) in [5, 5.41) is 0. The smallest absolute Gasteiger partial charge is 0.186 e. The average molecular weight is 342 g/mol. The zero-order valence-electron chi connectivity index (χ0n) is 11.8. The first-order chi connectivity index (χ1) is 9.25. The van der Waals surface area contributed by atoms with Crippen molar-refractivity contribution in [2.75, 3.05) is 6.61 Å². The van der Waals surface area contributed by atoms with Crippen LogP contribution in [0.5, 0.6) is 5.75 Å². The molecule has 1 aliphatic rings. The van der Waals surface area contributed by atoms with E-state index in [0.29, 0.717) is 12.5 Å². The van der Waals surface area contributed by atoms with Gasteiger partial charge in [-0.1, -0.05) is 37.5 Å². The summed E-state index contributed by atoms with van der Waals surface area (Å²) in [6.45, 7) is 1.28. The van der Waals surface area contributed by atoms with Crippen molar-refractivity contribution in [3.8, 4) is 5.75 Å². The molecule has 1 aliphatic carbocycles. The third-order valence-corrected chi connectivity index (χ3v) is 3.60. The third-order valence-electron chi connectivity index (χ3n) is 3.60. The molecular formula is C15H24BrN3O. The molecule has 0 saturated heterocycles. The largest absolute Gasteiger partial charge is 0.493 e. The zero-order chi connectivity index (χ0) is 13.5. The molecule has 112 valence electrons. The van der Waals surface area contributed by atoms with E-state index in [2.05, 4.69) is 4.99 Å². The Morgan fingerprint density at radius 1 is 1.15 bits per heavy atom. The summed E-state index contributed by atoms with van der Waals surface area (Å²) in [5.74, 6) is 1.71. The van der Waals surface area contributed by atoms with Crippen molar-refractivity contribution in [2.45, 2.75) is 38.6 Å². The number of aliphatic imine (C=N–C) groups is 1. The minimum Gasteiger partial charge on any atom is -0.493 e. The number of para-hydroxylation sites is 1. The van der Waals surface area contributed by atoms with E-state index < -0.39 is 0 Å². The molecule has 1 aromatic carbocycles. The van der Waals surface area contributed by atoms with Gasteiger partial charge in [0.25, 0.3) is 0 Å². The third kappa shape index (κ3) is 5.41. The second-order valence-corrected chi connectivity index (χ2v) is 5.16. The number of ether oxygens (including phenoxy) is 1. The summed E-state index contributed by atoms with van der Waals surface area (Å²) < 4.78 is 5.96. The van der Waals surface area contributed by atoms with Gasteiger partial charge in [-0.15, -0.1) is 17.0 Å². The number of hydrogen-bond acceptors (Lipinski definition) is 2. The molecule has 5 heteroatoms. The minimum atomic E-state index is 0. The van der Waals surface area contributed by atoms with Crippen LogP contribution < -0.4 is 16.2 Å². The van der Waals surface area contributed by atoms with Crippen LogP contribution >= 0.6 is 17.0 Å². The fraction of sp³-hybridized carbons (Fsp3) is 0.533. The van der Waals surface area contributed by atoms with Gasteiger partial charge < -0.3 is 16.2 Å². The second-order valence-electron chi connectivity index (χ2n) is 5.16. The number of nitrogens with zero attached hydrogens (tertiary/aromatic N) is 1. The molecule has 4 nitrogen and oxygen atoms in total. The molecule has 0 aromatic heterocycles. The Morgan fingerprint density at radius 3 is 2.55 bits per heavy atom. The van der Waals surface area contributed by atoms with Crippen LogP contribution in [0.2, 0.25) is 0 Å². The first-order valence-electron chi connectivity index (χ1n) is 7.02. The van der Waals surface area contributed by atoms with E-state index in [4.69, 9.17) is 16.2 Å². The molecule has 0 radical (unpaired) electrons. The maximum absolute atomic E-state index is 5.96. The number of guanidine groups is 1. The van der Waals surface area contributed by atoms with Gasteiger partial charge in [-0.3, -0.25) is 0 Å². The summed E-state index contributed by atoms with van der Waals surface area (Å²) in [5.41, 5.74) is 11.8. The van der Waals surface area contributed by atoms with Gasteiger partial charge in [0.15, 0.2) is 5.96 Å². The summed E-state index contributed by atoms with van der Waals surface area (Å²) in [6.07, 6.45) is 6.62. The second kappa shape index (κ2) is 8.84. The highest BCUT2D eigenvalue weighted by Gasteiger charge is 2.14. The Balaban J connectivity index is 0.00000200. The van der Waals surface area contributed by atoms with Crippen molar-refractivity contribution < 1.29 is 4.74 Å². The van der Waals surface area contributed by atoms with Gasteiger partial charge in [0.2, 0.25) is 0 Å². The average Bonchev–Trinajstić information content (AvgIpc) is 2.45. The molecule has 0 heterocycles. The van der Waals surface area contributed by atoms with E-state index in [1.807, 2.05) is 24.3 Å². The lowest BCUT2D eigenvalue weighted by atomic mass is 9.90. The normalized spacial score (nSPS) is 15.2. The fourth-order valence-corrected chi connectivity index (χ4v) is 2.51. The number of hydrogen-bond donors (Lipinski definition) is 2. The van der Waals surface area contributed by atoms with E-state index in [0.717, 1.165) is 17.9 Å². The molecule has 0 unspecified atom stereocenters. The van der Waals surface area contributed by atoms with Gasteiger partial charge in [0, 0.05) is 5.56 Å². The van der Waals surface area contributed by atoms with Crippen LogP contribution in [0.3, 0.4) is 0 Å². The maximum atomic E-state index is 5.96. The van der Waals surface area contributed by atoms with Gasteiger partial charge in [0.05, 0.1) is 13.2 Å². The Labute approximate surface area is 131 Å².